The number of nitrogens with one attached hydrogen (secondary N) is 2. The molecule has 0 atom stereocenters. The fourth-order valence-corrected chi connectivity index (χ4v) is 2.89. The van der Waals surface area contributed by atoms with Gasteiger partial charge in [-0.25, -0.2) is 9.07 Å². The van der Waals surface area contributed by atoms with Crippen LogP contribution in [0.15, 0.2) is 64.0 Å². The van der Waals surface area contributed by atoms with Gasteiger partial charge in [-0.1, -0.05) is 12.1 Å². The molecule has 138 valence electrons. The van der Waals surface area contributed by atoms with Gasteiger partial charge in [0.05, 0.1) is 11.9 Å². The molecule has 3 aromatic rings. The van der Waals surface area contributed by atoms with Crippen molar-refractivity contribution in [2.75, 3.05) is 10.6 Å². The number of aromatic nitrogens is 2. The predicted octanol–water partition coefficient (Wildman–Crippen LogP) is 3.55. The summed E-state index contributed by atoms with van der Waals surface area (Å²) in [7, 11) is 1.57. The van der Waals surface area contributed by atoms with Gasteiger partial charge in [0.15, 0.2) is 0 Å². The SMILES string of the molecule is Cn1ncc(NCc2cccc(NC(=O)c3ccc(F)cc3)c2)c(Br)c1=O. The van der Waals surface area contributed by atoms with Crippen LogP contribution in [-0.2, 0) is 13.6 Å². The summed E-state index contributed by atoms with van der Waals surface area (Å²) >= 11 is 3.26. The quantitative estimate of drug-likeness (QED) is 0.648. The Kier molecular flexibility index (Phi) is 5.66. The number of hydrogen-bond donors (Lipinski definition) is 2. The molecule has 3 rings (SSSR count). The van der Waals surface area contributed by atoms with E-state index in [4.69, 9.17) is 0 Å². The highest BCUT2D eigenvalue weighted by atomic mass is 79.9. The van der Waals surface area contributed by atoms with E-state index in [0.29, 0.717) is 28.0 Å². The number of carbonyl (C=O) groups is 1. The molecule has 1 amide bonds. The molecule has 0 saturated heterocycles. The van der Waals surface area contributed by atoms with Crippen molar-refractivity contribution < 1.29 is 9.18 Å². The molecular weight excluding hydrogens is 415 g/mol. The normalized spacial score (nSPS) is 10.5. The van der Waals surface area contributed by atoms with Crippen molar-refractivity contribution in [3.05, 3.63) is 86.5 Å². The van der Waals surface area contributed by atoms with E-state index >= 15 is 0 Å². The van der Waals surface area contributed by atoms with Crippen LogP contribution in [0.1, 0.15) is 15.9 Å². The van der Waals surface area contributed by atoms with Gasteiger partial charge < -0.3 is 10.6 Å². The van der Waals surface area contributed by atoms with Crippen LogP contribution in [0.25, 0.3) is 0 Å². The van der Waals surface area contributed by atoms with Crippen LogP contribution in [0.3, 0.4) is 0 Å². The summed E-state index contributed by atoms with van der Waals surface area (Å²) in [5.41, 5.74) is 2.23. The van der Waals surface area contributed by atoms with E-state index in [9.17, 15) is 14.0 Å². The maximum Gasteiger partial charge on any atom is 0.282 e. The van der Waals surface area contributed by atoms with Crippen LogP contribution in [0.4, 0.5) is 15.8 Å². The Hall–Kier alpha value is -3.00. The molecule has 0 aliphatic carbocycles. The highest BCUT2D eigenvalue weighted by Gasteiger charge is 2.08. The molecule has 0 fully saturated rings. The first-order valence-electron chi connectivity index (χ1n) is 8.05. The molecule has 2 aromatic carbocycles. The number of nitrogens with zero attached hydrogens (tertiary/aromatic N) is 2. The fraction of sp³-hybridized carbons (Fsp3) is 0.105. The van der Waals surface area contributed by atoms with Gasteiger partial charge >= 0.3 is 0 Å². The summed E-state index contributed by atoms with van der Waals surface area (Å²) in [6.45, 7) is 0.438. The van der Waals surface area contributed by atoms with E-state index in [-0.39, 0.29) is 11.5 Å². The summed E-state index contributed by atoms with van der Waals surface area (Å²) in [5, 5.41) is 9.90. The van der Waals surface area contributed by atoms with Crippen LogP contribution >= 0.6 is 15.9 Å². The first kappa shape index (κ1) is 18.8. The second-order valence-corrected chi connectivity index (χ2v) is 6.61. The standard InChI is InChI=1S/C19H16BrFN4O2/c1-25-19(27)17(20)16(11-23-25)22-10-12-3-2-4-15(9-12)24-18(26)13-5-7-14(21)8-6-13/h2-9,11,22H,10H2,1H3,(H,24,26). The number of anilines is 2. The second kappa shape index (κ2) is 8.13. The van der Waals surface area contributed by atoms with Crippen molar-refractivity contribution in [3.63, 3.8) is 0 Å². The lowest BCUT2D eigenvalue weighted by atomic mass is 10.1. The Morgan fingerprint density at radius 3 is 2.70 bits per heavy atom. The molecule has 0 aliphatic rings. The fourth-order valence-electron chi connectivity index (χ4n) is 2.39. The zero-order valence-electron chi connectivity index (χ0n) is 14.4. The van der Waals surface area contributed by atoms with Crippen molar-refractivity contribution in [3.8, 4) is 0 Å². The van der Waals surface area contributed by atoms with Gasteiger partial charge in [-0.15, -0.1) is 0 Å². The highest BCUT2D eigenvalue weighted by Crippen LogP contribution is 2.18. The summed E-state index contributed by atoms with van der Waals surface area (Å²) < 4.78 is 14.6. The molecule has 27 heavy (non-hydrogen) atoms. The predicted molar refractivity (Wildman–Crippen MR) is 105 cm³/mol. The van der Waals surface area contributed by atoms with Crippen molar-refractivity contribution in [2.24, 2.45) is 7.05 Å². The van der Waals surface area contributed by atoms with Crippen LogP contribution in [0, 0.1) is 5.82 Å². The van der Waals surface area contributed by atoms with Gasteiger partial charge in [0.1, 0.15) is 10.3 Å². The number of carbonyl (C=O) groups excluding carboxylic acids is 1. The van der Waals surface area contributed by atoms with E-state index in [1.54, 1.807) is 19.3 Å². The Bertz CT molecular complexity index is 1030. The van der Waals surface area contributed by atoms with Gasteiger partial charge in [0, 0.05) is 24.8 Å². The largest absolute Gasteiger partial charge is 0.379 e. The molecule has 8 heteroatoms. The molecule has 1 aromatic heterocycles. The molecule has 2 N–H and O–H groups in total. The lowest BCUT2D eigenvalue weighted by molar-refractivity contribution is 0.102. The number of hydrogen-bond acceptors (Lipinski definition) is 4. The van der Waals surface area contributed by atoms with Gasteiger partial charge in [0.2, 0.25) is 0 Å². The van der Waals surface area contributed by atoms with E-state index in [1.165, 1.54) is 28.9 Å². The lowest BCUT2D eigenvalue weighted by Gasteiger charge is -2.10. The first-order valence-corrected chi connectivity index (χ1v) is 8.85. The van der Waals surface area contributed by atoms with Gasteiger partial charge in [-0.2, -0.15) is 5.10 Å². The molecule has 0 bridgehead atoms. The van der Waals surface area contributed by atoms with E-state index < -0.39 is 5.82 Å². The third-order valence-electron chi connectivity index (χ3n) is 3.85. The number of rotatable bonds is 5. The highest BCUT2D eigenvalue weighted by molar-refractivity contribution is 9.10. The van der Waals surface area contributed by atoms with Crippen molar-refractivity contribution in [1.82, 2.24) is 9.78 Å². The number of halogens is 2. The number of benzene rings is 2. The maximum absolute atomic E-state index is 13.0. The van der Waals surface area contributed by atoms with Gasteiger partial charge in [-0.3, -0.25) is 9.59 Å². The van der Waals surface area contributed by atoms with E-state index in [2.05, 4.69) is 31.7 Å². The Morgan fingerprint density at radius 1 is 1.22 bits per heavy atom. The third-order valence-corrected chi connectivity index (χ3v) is 4.62. The minimum absolute atomic E-state index is 0.236. The molecule has 0 saturated carbocycles. The molecule has 0 spiro atoms. The lowest BCUT2D eigenvalue weighted by Crippen LogP contribution is -2.21. The smallest absolute Gasteiger partial charge is 0.282 e. The number of amides is 1. The average molecular weight is 431 g/mol. The second-order valence-electron chi connectivity index (χ2n) is 5.82. The van der Waals surface area contributed by atoms with Crippen LogP contribution in [0.5, 0.6) is 0 Å². The zero-order valence-corrected chi connectivity index (χ0v) is 16.0. The third kappa shape index (κ3) is 4.59. The molecule has 0 unspecified atom stereocenters. The van der Waals surface area contributed by atoms with E-state index in [0.717, 1.165) is 5.56 Å². The van der Waals surface area contributed by atoms with Gasteiger partial charge in [-0.05, 0) is 57.9 Å². The summed E-state index contributed by atoms with van der Waals surface area (Å²) in [5.74, 6) is -0.713. The first-order chi connectivity index (χ1) is 12.9. The zero-order chi connectivity index (χ0) is 19.4. The minimum atomic E-state index is -0.393. The van der Waals surface area contributed by atoms with Gasteiger partial charge in [0.25, 0.3) is 11.5 Å². The monoisotopic (exact) mass is 430 g/mol. The van der Waals surface area contributed by atoms with Crippen molar-refractivity contribution >= 4 is 33.2 Å². The van der Waals surface area contributed by atoms with Crippen LogP contribution < -0.4 is 16.2 Å². The van der Waals surface area contributed by atoms with E-state index in [1.807, 2.05) is 18.2 Å². The molecule has 1 heterocycles. The molecule has 0 radical (unpaired) electrons. The molecule has 0 aliphatic heterocycles. The Labute approximate surface area is 163 Å². The Morgan fingerprint density at radius 2 is 1.96 bits per heavy atom. The average Bonchev–Trinajstić information content (AvgIpc) is 2.66. The van der Waals surface area contributed by atoms with Crippen molar-refractivity contribution in [1.29, 1.82) is 0 Å². The van der Waals surface area contributed by atoms with Crippen molar-refractivity contribution in [2.45, 2.75) is 6.54 Å². The number of aryl methyl sites for hydroxylation is 1. The topological polar surface area (TPSA) is 76.0 Å². The summed E-state index contributed by atoms with van der Waals surface area (Å²) in [6, 6.07) is 12.6. The van der Waals surface area contributed by atoms with Crippen LogP contribution in [-0.4, -0.2) is 15.7 Å². The van der Waals surface area contributed by atoms with Crippen LogP contribution in [0.2, 0.25) is 0 Å². The molecular formula is C19H16BrFN4O2. The maximum atomic E-state index is 13.0. The molecule has 6 nitrogen and oxygen atoms in total. The Balaban J connectivity index is 1.69. The summed E-state index contributed by atoms with van der Waals surface area (Å²) in [6.07, 6.45) is 1.56. The summed E-state index contributed by atoms with van der Waals surface area (Å²) in [4.78, 5) is 24.1. The minimum Gasteiger partial charge on any atom is -0.379 e.